The van der Waals surface area contributed by atoms with E-state index in [1.165, 1.54) is 0 Å². The van der Waals surface area contributed by atoms with Gasteiger partial charge in [-0.2, -0.15) is 0 Å². The number of likely N-dealkylation sites (tertiary alicyclic amines) is 1. The smallest absolute Gasteiger partial charge is 0.254 e. The van der Waals surface area contributed by atoms with E-state index in [0.29, 0.717) is 50.6 Å². The molecular formula is C22H25N3O4. The van der Waals surface area contributed by atoms with Crippen LogP contribution in [0.5, 0.6) is 5.75 Å². The van der Waals surface area contributed by atoms with Gasteiger partial charge >= 0.3 is 0 Å². The second-order valence-corrected chi connectivity index (χ2v) is 7.44. The lowest BCUT2D eigenvalue weighted by Gasteiger charge is -2.32. The number of hydrogen-bond donors (Lipinski definition) is 0. The highest BCUT2D eigenvalue weighted by molar-refractivity contribution is 5.98. The maximum Gasteiger partial charge on any atom is 0.254 e. The van der Waals surface area contributed by atoms with Crippen molar-refractivity contribution >= 4 is 11.8 Å². The van der Waals surface area contributed by atoms with Gasteiger partial charge in [-0.1, -0.05) is 17.7 Å². The summed E-state index contributed by atoms with van der Waals surface area (Å²) in [6.45, 7) is 4.47. The van der Waals surface area contributed by atoms with Crippen molar-refractivity contribution in [2.45, 2.75) is 25.5 Å². The second-order valence-electron chi connectivity index (χ2n) is 7.44. The van der Waals surface area contributed by atoms with Crippen LogP contribution in [0.4, 0.5) is 0 Å². The van der Waals surface area contributed by atoms with Gasteiger partial charge in [-0.3, -0.25) is 14.6 Å². The summed E-state index contributed by atoms with van der Waals surface area (Å²) in [6.07, 6.45) is 3.52. The number of carbonyl (C=O) groups is 2. The molecule has 2 aliphatic rings. The third-order valence-corrected chi connectivity index (χ3v) is 5.33. The molecule has 0 radical (unpaired) electrons. The van der Waals surface area contributed by atoms with Crippen LogP contribution in [0, 0.1) is 6.92 Å². The van der Waals surface area contributed by atoms with Crippen molar-refractivity contribution in [3.05, 3.63) is 59.9 Å². The number of carbonyl (C=O) groups excluding carboxylic acids is 2. The number of pyridine rings is 1. The van der Waals surface area contributed by atoms with Crippen LogP contribution in [0.3, 0.4) is 0 Å². The number of morpholine rings is 1. The number of nitrogens with zero attached hydrogens (tertiary/aromatic N) is 3. The fourth-order valence-electron chi connectivity index (χ4n) is 3.89. The first-order valence-electron chi connectivity index (χ1n) is 9.92. The maximum atomic E-state index is 13.3. The van der Waals surface area contributed by atoms with Gasteiger partial charge in [0.2, 0.25) is 5.91 Å². The highest BCUT2D eigenvalue weighted by Crippen LogP contribution is 2.26. The second kappa shape index (κ2) is 8.61. The molecule has 0 spiro atoms. The van der Waals surface area contributed by atoms with Crippen LogP contribution < -0.4 is 4.74 Å². The zero-order valence-electron chi connectivity index (χ0n) is 16.5. The van der Waals surface area contributed by atoms with Crippen LogP contribution in [0.25, 0.3) is 0 Å². The van der Waals surface area contributed by atoms with Gasteiger partial charge in [-0.15, -0.1) is 0 Å². The van der Waals surface area contributed by atoms with Crippen molar-refractivity contribution in [1.82, 2.24) is 14.8 Å². The SMILES string of the molecule is Cc1cccc(C(=O)N2CC(Oc3cccnc3)CC2C(=O)N2CCOCC2)c1. The molecule has 3 heterocycles. The van der Waals surface area contributed by atoms with E-state index >= 15 is 0 Å². The van der Waals surface area contributed by atoms with Crippen molar-refractivity contribution in [1.29, 1.82) is 0 Å². The molecule has 2 amide bonds. The topological polar surface area (TPSA) is 72.0 Å². The predicted octanol–water partition coefficient (Wildman–Crippen LogP) is 1.91. The Labute approximate surface area is 170 Å². The Bertz CT molecular complexity index is 867. The quantitative estimate of drug-likeness (QED) is 0.791. The Morgan fingerprint density at radius 2 is 2.00 bits per heavy atom. The fourth-order valence-corrected chi connectivity index (χ4v) is 3.89. The van der Waals surface area contributed by atoms with E-state index in [0.717, 1.165) is 5.56 Å². The van der Waals surface area contributed by atoms with Gasteiger partial charge in [0.25, 0.3) is 5.91 Å². The number of aryl methyl sites for hydroxylation is 1. The summed E-state index contributed by atoms with van der Waals surface area (Å²) in [4.78, 5) is 34.0. The lowest BCUT2D eigenvalue weighted by molar-refractivity contribution is -0.139. The van der Waals surface area contributed by atoms with Gasteiger partial charge < -0.3 is 19.3 Å². The third kappa shape index (κ3) is 4.40. The van der Waals surface area contributed by atoms with Gasteiger partial charge in [-0.25, -0.2) is 0 Å². The summed E-state index contributed by atoms with van der Waals surface area (Å²) in [7, 11) is 0. The fraction of sp³-hybridized carbons (Fsp3) is 0.409. The Kier molecular flexibility index (Phi) is 5.76. The van der Waals surface area contributed by atoms with Gasteiger partial charge in [0.15, 0.2) is 0 Å². The molecule has 2 unspecified atom stereocenters. The number of aromatic nitrogens is 1. The number of rotatable bonds is 4. The molecule has 0 saturated carbocycles. The number of amides is 2. The minimum atomic E-state index is -0.539. The van der Waals surface area contributed by atoms with Crippen molar-refractivity contribution in [3.63, 3.8) is 0 Å². The van der Waals surface area contributed by atoms with Crippen LogP contribution in [0.15, 0.2) is 48.8 Å². The highest BCUT2D eigenvalue weighted by atomic mass is 16.5. The van der Waals surface area contributed by atoms with E-state index in [1.807, 2.05) is 31.2 Å². The maximum absolute atomic E-state index is 13.3. The van der Waals surface area contributed by atoms with Crippen LogP contribution in [-0.4, -0.2) is 71.6 Å². The summed E-state index contributed by atoms with van der Waals surface area (Å²) < 4.78 is 11.4. The first kappa shape index (κ1) is 19.4. The lowest BCUT2D eigenvalue weighted by atomic mass is 10.1. The minimum absolute atomic E-state index is 0.0356. The molecule has 1 aromatic heterocycles. The first-order chi connectivity index (χ1) is 14.1. The molecule has 4 rings (SSSR count). The molecule has 2 saturated heterocycles. The first-order valence-corrected chi connectivity index (χ1v) is 9.92. The van der Waals surface area contributed by atoms with Crippen LogP contribution >= 0.6 is 0 Å². The van der Waals surface area contributed by atoms with Gasteiger partial charge in [0, 0.05) is 31.3 Å². The zero-order chi connectivity index (χ0) is 20.2. The molecule has 7 heteroatoms. The normalized spacial score (nSPS) is 21.8. The standard InChI is InChI=1S/C22H25N3O4/c1-16-4-2-5-17(12-16)21(26)25-15-19(29-18-6-3-7-23-14-18)13-20(25)22(27)24-8-10-28-11-9-24/h2-7,12,14,19-20H,8-11,13,15H2,1H3. The van der Waals surface area contributed by atoms with Crippen LogP contribution in [-0.2, 0) is 9.53 Å². The molecule has 2 aliphatic heterocycles. The molecular weight excluding hydrogens is 370 g/mol. The molecule has 7 nitrogen and oxygen atoms in total. The van der Waals surface area contributed by atoms with Gasteiger partial charge in [0.05, 0.1) is 26.0 Å². The van der Waals surface area contributed by atoms with E-state index in [9.17, 15) is 9.59 Å². The average Bonchev–Trinajstić information content (AvgIpc) is 3.17. The summed E-state index contributed by atoms with van der Waals surface area (Å²) in [5.41, 5.74) is 1.60. The average molecular weight is 395 g/mol. The molecule has 29 heavy (non-hydrogen) atoms. The summed E-state index contributed by atoms with van der Waals surface area (Å²) >= 11 is 0. The number of ether oxygens (including phenoxy) is 2. The van der Waals surface area contributed by atoms with Crippen LogP contribution in [0.1, 0.15) is 22.3 Å². The van der Waals surface area contributed by atoms with Crippen molar-refractivity contribution < 1.29 is 19.1 Å². The van der Waals surface area contributed by atoms with Crippen LogP contribution in [0.2, 0.25) is 0 Å². The third-order valence-electron chi connectivity index (χ3n) is 5.33. The van der Waals surface area contributed by atoms with E-state index in [1.54, 1.807) is 34.3 Å². The zero-order valence-corrected chi connectivity index (χ0v) is 16.5. The molecule has 2 atom stereocenters. The summed E-state index contributed by atoms with van der Waals surface area (Å²) in [6, 6.07) is 10.6. The monoisotopic (exact) mass is 395 g/mol. The van der Waals surface area contributed by atoms with Crippen molar-refractivity contribution in [3.8, 4) is 5.75 Å². The van der Waals surface area contributed by atoms with E-state index < -0.39 is 6.04 Å². The molecule has 2 fully saturated rings. The highest BCUT2D eigenvalue weighted by Gasteiger charge is 2.43. The van der Waals surface area contributed by atoms with Crippen molar-refractivity contribution in [2.75, 3.05) is 32.8 Å². The molecule has 1 aromatic carbocycles. The Balaban J connectivity index is 1.56. The Morgan fingerprint density at radius 3 is 2.72 bits per heavy atom. The van der Waals surface area contributed by atoms with E-state index in [-0.39, 0.29) is 17.9 Å². The van der Waals surface area contributed by atoms with E-state index in [4.69, 9.17) is 9.47 Å². The summed E-state index contributed by atoms with van der Waals surface area (Å²) in [5, 5.41) is 0. The number of benzene rings is 1. The molecule has 0 aliphatic carbocycles. The molecule has 0 N–H and O–H groups in total. The Morgan fingerprint density at radius 1 is 1.17 bits per heavy atom. The summed E-state index contributed by atoms with van der Waals surface area (Å²) in [5.74, 6) is 0.462. The van der Waals surface area contributed by atoms with Crippen molar-refractivity contribution in [2.24, 2.45) is 0 Å². The number of hydrogen-bond acceptors (Lipinski definition) is 5. The van der Waals surface area contributed by atoms with E-state index in [2.05, 4.69) is 4.98 Å². The largest absolute Gasteiger partial charge is 0.487 e. The minimum Gasteiger partial charge on any atom is -0.487 e. The molecule has 2 aromatic rings. The lowest BCUT2D eigenvalue weighted by Crippen LogP contribution is -2.51. The predicted molar refractivity (Wildman–Crippen MR) is 107 cm³/mol. The molecule has 0 bridgehead atoms. The Hall–Kier alpha value is -2.93. The molecule has 152 valence electrons. The van der Waals surface area contributed by atoms with Gasteiger partial charge in [-0.05, 0) is 31.2 Å². The van der Waals surface area contributed by atoms with Gasteiger partial charge in [0.1, 0.15) is 17.9 Å².